The van der Waals surface area contributed by atoms with Gasteiger partial charge in [-0.15, -0.1) is 0 Å². The first-order valence-corrected chi connectivity index (χ1v) is 11.2. The Balaban J connectivity index is 1.63. The number of carbonyl (C=O) groups is 1. The first kappa shape index (κ1) is 22.7. The average Bonchev–Trinajstić information content (AvgIpc) is 2.79. The molecule has 166 valence electrons. The van der Waals surface area contributed by atoms with Crippen molar-refractivity contribution in [3.8, 4) is 5.75 Å². The quantitative estimate of drug-likeness (QED) is 0.507. The highest BCUT2D eigenvalue weighted by Gasteiger charge is 2.34. The third-order valence-corrected chi connectivity index (χ3v) is 6.40. The molecule has 4 rings (SSSR count). The lowest BCUT2D eigenvalue weighted by Crippen LogP contribution is -2.51. The lowest BCUT2D eigenvalue weighted by molar-refractivity contribution is -0.141. The molecule has 3 aromatic rings. The van der Waals surface area contributed by atoms with Gasteiger partial charge in [-0.05, 0) is 53.6 Å². The maximum Gasteiger partial charge on any atom is 0.256 e. The molecule has 0 aromatic heterocycles. The lowest BCUT2D eigenvalue weighted by atomic mass is 10.00. The zero-order valence-corrected chi connectivity index (χ0v) is 19.2. The number of benzene rings is 3. The molecule has 2 atom stereocenters. The second kappa shape index (κ2) is 9.59. The lowest BCUT2D eigenvalue weighted by Gasteiger charge is -2.44. The highest BCUT2D eigenvalue weighted by atomic mass is 35.5. The van der Waals surface area contributed by atoms with Crippen molar-refractivity contribution < 1.29 is 15.0 Å². The van der Waals surface area contributed by atoms with Gasteiger partial charge in [-0.1, -0.05) is 59.1 Å². The van der Waals surface area contributed by atoms with Gasteiger partial charge >= 0.3 is 0 Å². The third kappa shape index (κ3) is 4.81. The van der Waals surface area contributed by atoms with E-state index in [1.54, 1.807) is 17.0 Å². The monoisotopic (exact) mass is 490 g/mol. The minimum atomic E-state index is -1.31. The van der Waals surface area contributed by atoms with E-state index in [1.807, 2.05) is 30.3 Å². The Morgan fingerprint density at radius 2 is 1.56 bits per heavy atom. The van der Waals surface area contributed by atoms with E-state index in [9.17, 15) is 15.0 Å². The summed E-state index contributed by atoms with van der Waals surface area (Å²) in [5, 5.41) is 21.8. The molecule has 0 aliphatic carbocycles. The van der Waals surface area contributed by atoms with Crippen LogP contribution in [0.4, 0.5) is 5.69 Å². The van der Waals surface area contributed by atoms with Gasteiger partial charge in [0.25, 0.3) is 5.91 Å². The summed E-state index contributed by atoms with van der Waals surface area (Å²) in [6.07, 6.45) is -1.31. The first-order chi connectivity index (χ1) is 15.3. The summed E-state index contributed by atoms with van der Waals surface area (Å²) in [5.41, 5.74) is 2.22. The van der Waals surface area contributed by atoms with Crippen LogP contribution in [-0.4, -0.2) is 40.7 Å². The van der Waals surface area contributed by atoms with Gasteiger partial charge < -0.3 is 20.0 Å². The van der Waals surface area contributed by atoms with Crippen LogP contribution in [0.1, 0.15) is 23.3 Å². The molecule has 32 heavy (non-hydrogen) atoms. The number of phenolic OH excluding ortho intramolecular Hbond substituents is 1. The van der Waals surface area contributed by atoms with Crippen LogP contribution in [0.5, 0.6) is 5.75 Å². The van der Waals surface area contributed by atoms with Crippen LogP contribution in [0.2, 0.25) is 15.1 Å². The molecule has 1 aliphatic rings. The minimum Gasteiger partial charge on any atom is -0.508 e. The van der Waals surface area contributed by atoms with Crippen molar-refractivity contribution in [3.63, 3.8) is 0 Å². The molecule has 8 heteroatoms. The molecule has 2 unspecified atom stereocenters. The second-order valence-corrected chi connectivity index (χ2v) is 8.91. The van der Waals surface area contributed by atoms with Gasteiger partial charge in [0.05, 0.1) is 16.8 Å². The molecule has 2 N–H and O–H groups in total. The summed E-state index contributed by atoms with van der Waals surface area (Å²) < 4.78 is 0. The van der Waals surface area contributed by atoms with E-state index in [1.165, 1.54) is 24.3 Å². The molecule has 1 fully saturated rings. The van der Waals surface area contributed by atoms with E-state index >= 15 is 0 Å². The van der Waals surface area contributed by atoms with E-state index < -0.39 is 12.0 Å². The van der Waals surface area contributed by atoms with Gasteiger partial charge in [0.15, 0.2) is 6.10 Å². The fourth-order valence-corrected chi connectivity index (χ4v) is 4.57. The number of aliphatic hydroxyl groups is 1. The minimum absolute atomic E-state index is 0.0738. The number of carbonyl (C=O) groups excluding carboxylic acids is 1. The molecule has 0 spiro atoms. The Kier molecular flexibility index (Phi) is 6.82. The van der Waals surface area contributed by atoms with Crippen LogP contribution < -0.4 is 4.90 Å². The van der Waals surface area contributed by atoms with E-state index in [0.717, 1.165) is 11.3 Å². The highest BCUT2D eigenvalue weighted by molar-refractivity contribution is 6.36. The summed E-state index contributed by atoms with van der Waals surface area (Å²) in [6.45, 7) is 1.29. The van der Waals surface area contributed by atoms with E-state index in [4.69, 9.17) is 34.8 Å². The van der Waals surface area contributed by atoms with Crippen LogP contribution in [0.15, 0.2) is 66.7 Å². The number of halogens is 3. The van der Waals surface area contributed by atoms with Gasteiger partial charge in [0.1, 0.15) is 5.75 Å². The van der Waals surface area contributed by atoms with E-state index in [-0.39, 0.29) is 11.8 Å². The average molecular weight is 492 g/mol. The number of aromatic hydroxyl groups is 1. The number of amides is 1. The number of aliphatic hydroxyl groups excluding tert-OH is 1. The van der Waals surface area contributed by atoms with Gasteiger partial charge in [-0.2, -0.15) is 0 Å². The van der Waals surface area contributed by atoms with Crippen molar-refractivity contribution in [2.75, 3.05) is 24.5 Å². The molecule has 0 bridgehead atoms. The normalized spacial score (nSPS) is 17.3. The largest absolute Gasteiger partial charge is 0.508 e. The number of hydrogen-bond acceptors (Lipinski definition) is 4. The van der Waals surface area contributed by atoms with Crippen LogP contribution >= 0.6 is 34.8 Å². The fraction of sp³-hybridized carbons (Fsp3) is 0.208. The Morgan fingerprint density at radius 3 is 2.22 bits per heavy atom. The molecule has 1 heterocycles. The van der Waals surface area contributed by atoms with Crippen LogP contribution in [0.25, 0.3) is 0 Å². The predicted molar refractivity (Wildman–Crippen MR) is 128 cm³/mol. The SMILES string of the molecule is O=C(C(O)c1ccc(O)cc1)N1CCN(c2ccc(Cl)cc2Cl)C(c2ccc(Cl)cc2)C1. The topological polar surface area (TPSA) is 64.0 Å². The maximum atomic E-state index is 13.1. The summed E-state index contributed by atoms with van der Waals surface area (Å²) in [6, 6.07) is 18.6. The van der Waals surface area contributed by atoms with Crippen molar-refractivity contribution in [1.29, 1.82) is 0 Å². The van der Waals surface area contributed by atoms with Crippen molar-refractivity contribution in [2.24, 2.45) is 0 Å². The number of rotatable bonds is 4. The van der Waals surface area contributed by atoms with Gasteiger partial charge in [0, 0.05) is 29.7 Å². The number of nitrogens with zero attached hydrogens (tertiary/aromatic N) is 2. The summed E-state index contributed by atoms with van der Waals surface area (Å²) >= 11 is 18.7. The Morgan fingerprint density at radius 1 is 0.906 bits per heavy atom. The molecule has 1 aliphatic heterocycles. The summed E-state index contributed by atoms with van der Waals surface area (Å²) in [4.78, 5) is 16.9. The Bertz CT molecular complexity index is 1110. The van der Waals surface area contributed by atoms with Crippen molar-refractivity contribution in [2.45, 2.75) is 12.1 Å². The maximum absolute atomic E-state index is 13.1. The second-order valence-electron chi connectivity index (χ2n) is 7.63. The highest BCUT2D eigenvalue weighted by Crippen LogP contribution is 2.37. The summed E-state index contributed by atoms with van der Waals surface area (Å²) in [7, 11) is 0. The predicted octanol–water partition coefficient (Wildman–Crippen LogP) is 5.48. The van der Waals surface area contributed by atoms with E-state index in [0.29, 0.717) is 40.3 Å². The van der Waals surface area contributed by atoms with Crippen LogP contribution in [0.3, 0.4) is 0 Å². The fourth-order valence-electron chi connectivity index (χ4n) is 3.93. The number of piperazine rings is 1. The van der Waals surface area contributed by atoms with Crippen LogP contribution in [0, 0.1) is 0 Å². The van der Waals surface area contributed by atoms with E-state index in [2.05, 4.69) is 4.90 Å². The molecule has 1 saturated heterocycles. The summed E-state index contributed by atoms with van der Waals surface area (Å²) in [5.74, 6) is -0.318. The van der Waals surface area contributed by atoms with Crippen molar-refractivity contribution >= 4 is 46.4 Å². The first-order valence-electron chi connectivity index (χ1n) is 10.1. The molecule has 1 amide bonds. The third-order valence-electron chi connectivity index (χ3n) is 5.61. The molecular formula is C24H21Cl3N2O3. The zero-order chi connectivity index (χ0) is 22.8. The molecule has 3 aromatic carbocycles. The molecule has 0 saturated carbocycles. The van der Waals surface area contributed by atoms with Crippen molar-refractivity contribution in [1.82, 2.24) is 4.90 Å². The Hall–Kier alpha value is -2.44. The molecule has 0 radical (unpaired) electrons. The standard InChI is InChI=1S/C24H21Cl3N2O3/c25-17-5-1-15(2-6-17)22-14-28(24(32)23(31)16-3-8-19(30)9-4-16)11-12-29(22)21-10-7-18(26)13-20(21)27/h1-10,13,22-23,30-31H,11-12,14H2. The van der Waals surface area contributed by atoms with Gasteiger partial charge in [-0.3, -0.25) is 4.79 Å². The van der Waals surface area contributed by atoms with Gasteiger partial charge in [0.2, 0.25) is 0 Å². The zero-order valence-electron chi connectivity index (χ0n) is 17.0. The number of anilines is 1. The Labute approximate surface area is 201 Å². The van der Waals surface area contributed by atoms with Crippen LogP contribution in [-0.2, 0) is 4.79 Å². The molecular weight excluding hydrogens is 471 g/mol. The van der Waals surface area contributed by atoms with Gasteiger partial charge in [-0.25, -0.2) is 0 Å². The smallest absolute Gasteiger partial charge is 0.256 e. The number of hydrogen-bond donors (Lipinski definition) is 2. The molecule has 5 nitrogen and oxygen atoms in total. The number of phenols is 1. The van der Waals surface area contributed by atoms with Crippen molar-refractivity contribution in [3.05, 3.63) is 92.9 Å².